The Morgan fingerprint density at radius 1 is 1.21 bits per heavy atom. The third-order valence-electron chi connectivity index (χ3n) is 2.77. The fourth-order valence-electron chi connectivity index (χ4n) is 1.93. The van der Waals surface area contributed by atoms with Crippen LogP contribution in [0.5, 0.6) is 0 Å². The quantitative estimate of drug-likeness (QED) is 0.774. The summed E-state index contributed by atoms with van der Waals surface area (Å²) in [6, 6.07) is 9.85. The van der Waals surface area contributed by atoms with Gasteiger partial charge in [0.2, 0.25) is 0 Å². The van der Waals surface area contributed by atoms with E-state index in [-0.39, 0.29) is 0 Å². The fraction of sp³-hybridized carbons (Fsp3) is 0.143. The van der Waals surface area contributed by atoms with Gasteiger partial charge in [0.25, 0.3) is 0 Å². The summed E-state index contributed by atoms with van der Waals surface area (Å²) in [5, 5.41) is 6.96. The molecule has 0 spiro atoms. The second kappa shape index (κ2) is 5.15. The highest BCUT2D eigenvalue weighted by Gasteiger charge is 2.12. The number of nitrogens with zero attached hydrogens (tertiary/aromatic N) is 2. The van der Waals surface area contributed by atoms with Crippen LogP contribution < -0.4 is 5.32 Å². The highest BCUT2D eigenvalue weighted by molar-refractivity contribution is 7.14. The Morgan fingerprint density at radius 3 is 2.79 bits per heavy atom. The molecule has 0 radical (unpaired) electrons. The van der Waals surface area contributed by atoms with Gasteiger partial charge in [-0.15, -0.1) is 11.3 Å². The van der Waals surface area contributed by atoms with Gasteiger partial charge < -0.3 is 5.32 Å². The summed E-state index contributed by atoms with van der Waals surface area (Å²) in [7, 11) is 0. The van der Waals surface area contributed by atoms with Crippen LogP contribution in [0.15, 0.2) is 35.7 Å². The summed E-state index contributed by atoms with van der Waals surface area (Å²) in [6.07, 6.45) is 0. The molecule has 19 heavy (non-hydrogen) atoms. The van der Waals surface area contributed by atoms with Gasteiger partial charge in [-0.05, 0) is 30.5 Å². The Balaban J connectivity index is 2.24. The van der Waals surface area contributed by atoms with Crippen LogP contribution in [0.2, 0.25) is 5.02 Å². The number of benzene rings is 1. The average Bonchev–Trinajstić information content (AvgIpc) is 2.85. The Kier molecular flexibility index (Phi) is 3.36. The van der Waals surface area contributed by atoms with Crippen molar-refractivity contribution in [2.24, 2.45) is 0 Å². The number of para-hydroxylation sites is 1. The summed E-state index contributed by atoms with van der Waals surface area (Å²) in [5.74, 6) is 1.53. The van der Waals surface area contributed by atoms with Crippen LogP contribution in [0.1, 0.15) is 6.92 Å². The zero-order chi connectivity index (χ0) is 13.2. The molecule has 0 aliphatic carbocycles. The van der Waals surface area contributed by atoms with E-state index in [9.17, 15) is 0 Å². The first-order valence-corrected chi connectivity index (χ1v) is 7.29. The van der Waals surface area contributed by atoms with Gasteiger partial charge in [0.15, 0.2) is 5.82 Å². The predicted molar refractivity (Wildman–Crippen MR) is 82.0 cm³/mol. The maximum atomic E-state index is 6.16. The molecule has 0 saturated carbocycles. The van der Waals surface area contributed by atoms with E-state index in [2.05, 4.69) is 22.2 Å². The van der Waals surface area contributed by atoms with Gasteiger partial charge >= 0.3 is 0 Å². The van der Waals surface area contributed by atoms with Crippen LogP contribution in [0.25, 0.3) is 21.6 Å². The van der Waals surface area contributed by atoms with Crippen LogP contribution in [0.4, 0.5) is 5.82 Å². The highest BCUT2D eigenvalue weighted by atomic mass is 35.5. The van der Waals surface area contributed by atoms with E-state index in [1.807, 2.05) is 35.7 Å². The van der Waals surface area contributed by atoms with Crippen molar-refractivity contribution in [3.05, 3.63) is 40.7 Å². The molecule has 2 heterocycles. The molecule has 96 valence electrons. The molecule has 0 fully saturated rings. The lowest BCUT2D eigenvalue weighted by molar-refractivity contribution is 1.15. The number of rotatable bonds is 3. The maximum absolute atomic E-state index is 6.16. The van der Waals surface area contributed by atoms with Gasteiger partial charge in [-0.25, -0.2) is 9.97 Å². The highest BCUT2D eigenvalue weighted by Crippen LogP contribution is 2.33. The van der Waals surface area contributed by atoms with Gasteiger partial charge in [0.1, 0.15) is 5.82 Å². The minimum Gasteiger partial charge on any atom is -0.370 e. The molecule has 3 aromatic rings. The van der Waals surface area contributed by atoms with Gasteiger partial charge in [-0.1, -0.05) is 23.7 Å². The number of aromatic nitrogens is 2. The van der Waals surface area contributed by atoms with Crippen molar-refractivity contribution >= 4 is 39.7 Å². The topological polar surface area (TPSA) is 37.8 Å². The molecule has 0 saturated heterocycles. The Labute approximate surface area is 120 Å². The van der Waals surface area contributed by atoms with Crippen molar-refractivity contribution in [3.8, 4) is 10.7 Å². The van der Waals surface area contributed by atoms with Crippen molar-refractivity contribution < 1.29 is 0 Å². The lowest BCUT2D eigenvalue weighted by atomic mass is 10.2. The monoisotopic (exact) mass is 289 g/mol. The second-order valence-corrected chi connectivity index (χ2v) is 5.36. The summed E-state index contributed by atoms with van der Waals surface area (Å²) in [6.45, 7) is 2.87. The molecule has 0 aliphatic heterocycles. The van der Waals surface area contributed by atoms with Crippen molar-refractivity contribution in [3.63, 3.8) is 0 Å². The van der Waals surface area contributed by atoms with Crippen molar-refractivity contribution in [2.75, 3.05) is 11.9 Å². The van der Waals surface area contributed by atoms with E-state index >= 15 is 0 Å². The molecule has 0 amide bonds. The first kappa shape index (κ1) is 12.4. The first-order chi connectivity index (χ1) is 9.29. The summed E-state index contributed by atoms with van der Waals surface area (Å²) < 4.78 is 0. The van der Waals surface area contributed by atoms with Gasteiger partial charge in [0.05, 0.1) is 15.4 Å². The van der Waals surface area contributed by atoms with Crippen LogP contribution >= 0.6 is 22.9 Å². The number of hydrogen-bond donors (Lipinski definition) is 1. The standard InChI is InChI=1S/C14H12ClN3S/c1-2-16-13-9-5-3-4-6-11(9)17-14(18-13)12-10(15)7-8-19-12/h3-8H,2H2,1H3,(H,16,17,18). The number of anilines is 1. The maximum Gasteiger partial charge on any atom is 0.173 e. The van der Waals surface area contributed by atoms with Crippen LogP contribution in [0.3, 0.4) is 0 Å². The van der Waals surface area contributed by atoms with E-state index in [0.717, 1.165) is 28.1 Å². The molecular weight excluding hydrogens is 278 g/mol. The number of fused-ring (bicyclic) bond motifs is 1. The molecular formula is C14H12ClN3S. The van der Waals surface area contributed by atoms with E-state index in [1.54, 1.807) is 11.3 Å². The zero-order valence-corrected chi connectivity index (χ0v) is 11.9. The largest absolute Gasteiger partial charge is 0.370 e. The summed E-state index contributed by atoms with van der Waals surface area (Å²) in [4.78, 5) is 10.1. The third-order valence-corrected chi connectivity index (χ3v) is 4.11. The van der Waals surface area contributed by atoms with Crippen LogP contribution in [0, 0.1) is 0 Å². The Morgan fingerprint density at radius 2 is 2.05 bits per heavy atom. The van der Waals surface area contributed by atoms with E-state index in [0.29, 0.717) is 10.8 Å². The minimum atomic E-state index is 0.676. The SMILES string of the molecule is CCNc1nc(-c2sccc2Cl)nc2ccccc12. The van der Waals surface area contributed by atoms with E-state index < -0.39 is 0 Å². The molecule has 2 aromatic heterocycles. The molecule has 0 bridgehead atoms. The minimum absolute atomic E-state index is 0.676. The smallest absolute Gasteiger partial charge is 0.173 e. The second-order valence-electron chi connectivity index (χ2n) is 4.04. The lowest BCUT2D eigenvalue weighted by Crippen LogP contribution is -2.02. The van der Waals surface area contributed by atoms with Crippen LogP contribution in [-0.2, 0) is 0 Å². The lowest BCUT2D eigenvalue weighted by Gasteiger charge is -2.08. The van der Waals surface area contributed by atoms with E-state index in [1.165, 1.54) is 0 Å². The Hall–Kier alpha value is -1.65. The predicted octanol–water partition coefficient (Wildman–Crippen LogP) is 4.44. The van der Waals surface area contributed by atoms with Gasteiger partial charge in [0, 0.05) is 11.9 Å². The summed E-state index contributed by atoms with van der Waals surface area (Å²) in [5.41, 5.74) is 0.924. The molecule has 1 aromatic carbocycles. The number of thiophene rings is 1. The molecule has 0 unspecified atom stereocenters. The van der Waals surface area contributed by atoms with E-state index in [4.69, 9.17) is 11.6 Å². The van der Waals surface area contributed by atoms with Gasteiger partial charge in [-0.3, -0.25) is 0 Å². The molecule has 1 N–H and O–H groups in total. The fourth-order valence-corrected chi connectivity index (χ4v) is 3.01. The third kappa shape index (κ3) is 2.29. The van der Waals surface area contributed by atoms with Crippen molar-refractivity contribution in [2.45, 2.75) is 6.92 Å². The number of nitrogens with one attached hydrogen (secondary N) is 1. The zero-order valence-electron chi connectivity index (χ0n) is 10.4. The van der Waals surface area contributed by atoms with Gasteiger partial charge in [-0.2, -0.15) is 0 Å². The normalized spacial score (nSPS) is 10.8. The Bertz CT molecular complexity index is 724. The first-order valence-electron chi connectivity index (χ1n) is 6.03. The molecule has 0 atom stereocenters. The summed E-state index contributed by atoms with van der Waals surface area (Å²) >= 11 is 7.72. The number of hydrogen-bond acceptors (Lipinski definition) is 4. The molecule has 0 aliphatic rings. The molecule has 3 nitrogen and oxygen atoms in total. The average molecular weight is 290 g/mol. The molecule has 3 rings (SSSR count). The number of halogens is 1. The molecule has 5 heteroatoms. The van der Waals surface area contributed by atoms with Crippen LogP contribution in [-0.4, -0.2) is 16.5 Å². The van der Waals surface area contributed by atoms with Crippen molar-refractivity contribution in [1.29, 1.82) is 0 Å². The van der Waals surface area contributed by atoms with Crippen molar-refractivity contribution in [1.82, 2.24) is 9.97 Å².